The number of anilines is 1. The van der Waals surface area contributed by atoms with Gasteiger partial charge < -0.3 is 19.5 Å². The molecule has 35 heavy (non-hydrogen) atoms. The average Bonchev–Trinajstić information content (AvgIpc) is 2.80. The predicted molar refractivity (Wildman–Crippen MR) is 123 cm³/mol. The molecule has 1 atom stereocenters. The van der Waals surface area contributed by atoms with E-state index in [4.69, 9.17) is 9.47 Å². The zero-order valence-corrected chi connectivity index (χ0v) is 19.8. The highest BCUT2D eigenvalue weighted by atomic mass is 19.4. The Morgan fingerprint density at radius 1 is 1.20 bits per heavy atom. The van der Waals surface area contributed by atoms with Crippen molar-refractivity contribution in [3.8, 4) is 11.6 Å². The Morgan fingerprint density at radius 2 is 1.89 bits per heavy atom. The maximum atomic E-state index is 13.5. The van der Waals surface area contributed by atoms with E-state index in [-0.39, 0.29) is 35.4 Å². The molecule has 1 heterocycles. The lowest BCUT2D eigenvalue weighted by molar-refractivity contribution is -0.138. The van der Waals surface area contributed by atoms with Gasteiger partial charge in [0.1, 0.15) is 11.3 Å². The molecule has 10 heteroatoms. The van der Waals surface area contributed by atoms with Gasteiger partial charge in [-0.1, -0.05) is 6.92 Å². The van der Waals surface area contributed by atoms with Gasteiger partial charge in [-0.05, 0) is 68.9 Å². The summed E-state index contributed by atoms with van der Waals surface area (Å²) in [7, 11) is 1.49. The number of carboxylic acids is 1. The first kappa shape index (κ1) is 26.5. The second-order valence-electron chi connectivity index (χ2n) is 8.91. The highest BCUT2D eigenvalue weighted by molar-refractivity contribution is 6.03. The maximum Gasteiger partial charge on any atom is 0.421 e. The standard InChI is InChI=1S/C25H29F3N2O5/c1-15-6-8-17(9-7-15)23(31)30(16(2)14-34-3)21-11-10-18(13-19(21)24(32)33)35-22-20(25(26,27)28)5-4-12-29-22/h4-5,10-13,15-17H,6-9,14H2,1-3H3,(H,32,33)/t15-,16-,17-/m0/s1. The molecule has 1 aromatic carbocycles. The van der Waals surface area contributed by atoms with Gasteiger partial charge in [-0.2, -0.15) is 13.2 Å². The lowest BCUT2D eigenvalue weighted by atomic mass is 9.82. The van der Waals surface area contributed by atoms with Crippen molar-refractivity contribution in [1.82, 2.24) is 4.98 Å². The third-order valence-corrected chi connectivity index (χ3v) is 6.20. The molecule has 1 aliphatic carbocycles. The zero-order valence-electron chi connectivity index (χ0n) is 19.8. The number of carbonyl (C=O) groups excluding carboxylic acids is 1. The van der Waals surface area contributed by atoms with Gasteiger partial charge in [0.05, 0.1) is 23.9 Å². The molecule has 0 saturated heterocycles. The van der Waals surface area contributed by atoms with Crippen molar-refractivity contribution in [3.05, 3.63) is 47.7 Å². The predicted octanol–water partition coefficient (Wildman–Crippen LogP) is 5.79. The second-order valence-corrected chi connectivity index (χ2v) is 8.91. The lowest BCUT2D eigenvalue weighted by Crippen LogP contribution is -2.46. The van der Waals surface area contributed by atoms with Crippen molar-refractivity contribution in [3.63, 3.8) is 0 Å². The summed E-state index contributed by atoms with van der Waals surface area (Å²) < 4.78 is 50.5. The number of aromatic nitrogens is 1. The van der Waals surface area contributed by atoms with Gasteiger partial charge in [-0.3, -0.25) is 4.79 Å². The van der Waals surface area contributed by atoms with Gasteiger partial charge in [-0.25, -0.2) is 9.78 Å². The fourth-order valence-electron chi connectivity index (χ4n) is 4.35. The fourth-order valence-corrected chi connectivity index (χ4v) is 4.35. The van der Waals surface area contributed by atoms with E-state index in [0.29, 0.717) is 18.8 Å². The first-order valence-electron chi connectivity index (χ1n) is 11.4. The Kier molecular flexibility index (Phi) is 8.37. The number of amides is 1. The van der Waals surface area contributed by atoms with Gasteiger partial charge >= 0.3 is 12.1 Å². The number of nitrogens with zero attached hydrogens (tertiary/aromatic N) is 2. The maximum absolute atomic E-state index is 13.5. The molecule has 1 aromatic heterocycles. The number of alkyl halides is 3. The smallest absolute Gasteiger partial charge is 0.421 e. The van der Waals surface area contributed by atoms with Crippen LogP contribution in [0.4, 0.5) is 18.9 Å². The molecule has 0 spiro atoms. The molecule has 1 fully saturated rings. The molecule has 3 rings (SSSR count). The molecule has 1 aliphatic rings. The molecule has 0 unspecified atom stereocenters. The average molecular weight is 495 g/mol. The number of benzene rings is 1. The highest BCUT2D eigenvalue weighted by Crippen LogP contribution is 2.38. The van der Waals surface area contributed by atoms with Crippen LogP contribution in [0.3, 0.4) is 0 Å². The van der Waals surface area contributed by atoms with Gasteiger partial charge in [0.25, 0.3) is 0 Å². The molecule has 1 amide bonds. The Balaban J connectivity index is 1.99. The van der Waals surface area contributed by atoms with E-state index in [1.807, 2.05) is 0 Å². The SMILES string of the molecule is COC[C@H](C)N(c1ccc(Oc2ncccc2C(F)(F)F)cc1C(=O)O)C(=O)[C@H]1CC[C@H](C)CC1. The zero-order chi connectivity index (χ0) is 25.8. The number of carboxylic acid groups (broad SMARTS) is 1. The second kappa shape index (κ2) is 11.1. The van der Waals surface area contributed by atoms with E-state index >= 15 is 0 Å². The van der Waals surface area contributed by atoms with Gasteiger partial charge in [0, 0.05) is 19.2 Å². The number of carbonyl (C=O) groups is 2. The number of pyridine rings is 1. The minimum absolute atomic E-state index is 0.134. The topological polar surface area (TPSA) is 89.0 Å². The number of hydrogen-bond donors (Lipinski definition) is 1. The lowest BCUT2D eigenvalue weighted by Gasteiger charge is -2.35. The van der Waals surface area contributed by atoms with E-state index < -0.39 is 29.6 Å². The Labute approximate surface area is 201 Å². The van der Waals surface area contributed by atoms with Gasteiger partial charge in [0.15, 0.2) is 0 Å². The monoisotopic (exact) mass is 494 g/mol. The molecule has 0 aliphatic heterocycles. The summed E-state index contributed by atoms with van der Waals surface area (Å²) in [6, 6.07) is 5.31. The summed E-state index contributed by atoms with van der Waals surface area (Å²) in [6.45, 7) is 4.07. The number of hydrogen-bond acceptors (Lipinski definition) is 5. The van der Waals surface area contributed by atoms with Crippen molar-refractivity contribution in [2.75, 3.05) is 18.6 Å². The Hall–Kier alpha value is -3.14. The fraction of sp³-hybridized carbons (Fsp3) is 0.480. The number of halogens is 3. The first-order chi connectivity index (χ1) is 16.5. The van der Waals surface area contributed by atoms with E-state index in [0.717, 1.165) is 37.2 Å². The van der Waals surface area contributed by atoms with Crippen LogP contribution in [0, 0.1) is 11.8 Å². The van der Waals surface area contributed by atoms with Crippen molar-refractivity contribution in [2.45, 2.75) is 51.7 Å². The van der Waals surface area contributed by atoms with E-state index in [1.165, 1.54) is 24.1 Å². The van der Waals surface area contributed by atoms with Crippen LogP contribution in [0.1, 0.15) is 55.5 Å². The summed E-state index contributed by atoms with van der Waals surface area (Å²) in [5, 5.41) is 9.91. The first-order valence-corrected chi connectivity index (χ1v) is 11.4. The largest absolute Gasteiger partial charge is 0.478 e. The molecule has 190 valence electrons. The third kappa shape index (κ3) is 6.30. The summed E-state index contributed by atoms with van der Waals surface area (Å²) in [5.74, 6) is -2.09. The van der Waals surface area contributed by atoms with Crippen LogP contribution in [0.5, 0.6) is 11.6 Å². The van der Waals surface area contributed by atoms with Crippen molar-refractivity contribution in [1.29, 1.82) is 0 Å². The van der Waals surface area contributed by atoms with Crippen LogP contribution < -0.4 is 9.64 Å². The number of rotatable bonds is 8. The van der Waals surface area contributed by atoms with Crippen LogP contribution in [0.2, 0.25) is 0 Å². The normalized spacial score (nSPS) is 19.1. The Morgan fingerprint density at radius 3 is 2.49 bits per heavy atom. The summed E-state index contributed by atoms with van der Waals surface area (Å²) in [6.07, 6.45) is -0.316. The number of aromatic carboxylic acids is 1. The van der Waals surface area contributed by atoms with Gasteiger partial charge in [-0.15, -0.1) is 0 Å². The highest BCUT2D eigenvalue weighted by Gasteiger charge is 2.36. The molecule has 2 aromatic rings. The molecule has 0 radical (unpaired) electrons. The van der Waals surface area contributed by atoms with Crippen LogP contribution in [-0.2, 0) is 15.7 Å². The third-order valence-electron chi connectivity index (χ3n) is 6.20. The molecular formula is C25H29F3N2O5. The summed E-state index contributed by atoms with van der Waals surface area (Å²) in [4.78, 5) is 30.8. The molecule has 0 bridgehead atoms. The van der Waals surface area contributed by atoms with Crippen LogP contribution in [0.25, 0.3) is 0 Å². The van der Waals surface area contributed by atoms with Crippen molar-refractivity contribution >= 4 is 17.6 Å². The van der Waals surface area contributed by atoms with Crippen molar-refractivity contribution in [2.24, 2.45) is 11.8 Å². The summed E-state index contributed by atoms with van der Waals surface area (Å²) in [5.41, 5.74) is -1.22. The van der Waals surface area contributed by atoms with Crippen LogP contribution >= 0.6 is 0 Å². The van der Waals surface area contributed by atoms with Crippen LogP contribution in [-0.4, -0.2) is 41.7 Å². The number of ether oxygens (including phenoxy) is 2. The molecule has 1 saturated carbocycles. The van der Waals surface area contributed by atoms with Crippen LogP contribution in [0.15, 0.2) is 36.5 Å². The molecule has 1 N–H and O–H groups in total. The molecule has 7 nitrogen and oxygen atoms in total. The summed E-state index contributed by atoms with van der Waals surface area (Å²) >= 11 is 0. The minimum atomic E-state index is -4.70. The van der Waals surface area contributed by atoms with E-state index in [2.05, 4.69) is 11.9 Å². The number of methoxy groups -OCH3 is 1. The van der Waals surface area contributed by atoms with E-state index in [9.17, 15) is 27.9 Å². The minimum Gasteiger partial charge on any atom is -0.478 e. The quantitative estimate of drug-likeness (QED) is 0.500. The van der Waals surface area contributed by atoms with Crippen molar-refractivity contribution < 1.29 is 37.3 Å². The van der Waals surface area contributed by atoms with E-state index in [1.54, 1.807) is 6.92 Å². The molecular weight excluding hydrogens is 465 g/mol. The Bertz CT molecular complexity index is 1050. The van der Waals surface area contributed by atoms with Gasteiger partial charge in [0.2, 0.25) is 11.8 Å².